The van der Waals surface area contributed by atoms with Crippen molar-refractivity contribution in [2.75, 3.05) is 10.7 Å². The van der Waals surface area contributed by atoms with Gasteiger partial charge in [-0.2, -0.15) is 10.6 Å². The Balaban J connectivity index is 1.46. The second-order valence-corrected chi connectivity index (χ2v) is 8.24. The van der Waals surface area contributed by atoms with Crippen LogP contribution in [-0.2, 0) is 10.2 Å². The van der Waals surface area contributed by atoms with Crippen LogP contribution < -0.4 is 15.9 Å². The van der Waals surface area contributed by atoms with E-state index in [2.05, 4.69) is 20.7 Å². The summed E-state index contributed by atoms with van der Waals surface area (Å²) >= 11 is 0. The van der Waals surface area contributed by atoms with Crippen LogP contribution in [0.1, 0.15) is 32.4 Å². The molecule has 7 nitrogen and oxygen atoms in total. The average molecular weight is 422 g/mol. The number of anilines is 2. The minimum Gasteiger partial charge on any atom is -0.325 e. The van der Waals surface area contributed by atoms with Crippen LogP contribution in [0.15, 0.2) is 60.9 Å². The third-order valence-corrected chi connectivity index (χ3v) is 5.36. The third kappa shape index (κ3) is 4.87. The molecule has 4 rings (SSSR count). The normalized spacial score (nSPS) is 14.7. The molecule has 1 aromatic carbocycles. The van der Waals surface area contributed by atoms with Gasteiger partial charge in [-0.1, -0.05) is 23.4 Å². The molecule has 1 atom stereocenters. The van der Waals surface area contributed by atoms with Crippen LogP contribution in [0.3, 0.4) is 0 Å². The SMILES string of the molecule is CC(C)(C(=O)Nc1ccc(-c2cncc(F)c2)cc1)c1cccc(N[NH+](O)C2CC2)n1. The summed E-state index contributed by atoms with van der Waals surface area (Å²) in [6.45, 7) is 3.59. The van der Waals surface area contributed by atoms with Gasteiger partial charge in [0.2, 0.25) is 5.91 Å². The first-order valence-electron chi connectivity index (χ1n) is 10.2. The topological polar surface area (TPSA) is 91.6 Å². The molecule has 1 unspecified atom stereocenters. The van der Waals surface area contributed by atoms with Crippen molar-refractivity contribution in [3.63, 3.8) is 0 Å². The maximum atomic E-state index is 13.4. The van der Waals surface area contributed by atoms with E-state index < -0.39 is 11.2 Å². The van der Waals surface area contributed by atoms with E-state index in [1.807, 2.05) is 6.07 Å². The molecular weight excluding hydrogens is 397 g/mol. The lowest BCUT2D eigenvalue weighted by atomic mass is 9.87. The minimum absolute atomic E-state index is 0.188. The molecule has 1 amide bonds. The second-order valence-electron chi connectivity index (χ2n) is 8.24. The number of pyridine rings is 2. The number of rotatable bonds is 7. The van der Waals surface area contributed by atoms with E-state index in [1.54, 1.807) is 56.4 Å². The summed E-state index contributed by atoms with van der Waals surface area (Å²) in [4.78, 5) is 21.4. The smallest absolute Gasteiger partial charge is 0.236 e. The fraction of sp³-hybridized carbons (Fsp3) is 0.261. The van der Waals surface area contributed by atoms with E-state index in [9.17, 15) is 14.4 Å². The molecule has 3 aromatic rings. The van der Waals surface area contributed by atoms with Gasteiger partial charge in [0.15, 0.2) is 5.82 Å². The van der Waals surface area contributed by atoms with Crippen LogP contribution in [0, 0.1) is 5.82 Å². The fourth-order valence-electron chi connectivity index (χ4n) is 3.16. The number of carbonyl (C=O) groups excluding carboxylic acids is 1. The largest absolute Gasteiger partial charge is 0.325 e. The van der Waals surface area contributed by atoms with E-state index in [0.29, 0.717) is 22.8 Å². The molecule has 1 fully saturated rings. The number of halogens is 1. The van der Waals surface area contributed by atoms with Gasteiger partial charge in [0, 0.05) is 30.3 Å². The number of nitrogens with zero attached hydrogens (tertiary/aromatic N) is 2. The number of hydrogen-bond acceptors (Lipinski definition) is 5. The number of aromatic nitrogens is 2. The molecule has 0 radical (unpaired) electrons. The highest BCUT2D eigenvalue weighted by Crippen LogP contribution is 2.26. The van der Waals surface area contributed by atoms with Crippen molar-refractivity contribution in [1.29, 1.82) is 0 Å². The van der Waals surface area contributed by atoms with Gasteiger partial charge in [0.05, 0.1) is 17.3 Å². The maximum absolute atomic E-state index is 13.4. The van der Waals surface area contributed by atoms with Crippen LogP contribution in [0.4, 0.5) is 15.9 Å². The Morgan fingerprint density at radius 2 is 1.87 bits per heavy atom. The number of hydroxylamine groups is 1. The van der Waals surface area contributed by atoms with E-state index in [4.69, 9.17) is 0 Å². The van der Waals surface area contributed by atoms with Gasteiger partial charge < -0.3 is 5.32 Å². The van der Waals surface area contributed by atoms with E-state index in [1.165, 1.54) is 6.07 Å². The van der Waals surface area contributed by atoms with Crippen LogP contribution in [0.2, 0.25) is 0 Å². The summed E-state index contributed by atoms with van der Waals surface area (Å²) in [5.41, 5.74) is 4.70. The van der Waals surface area contributed by atoms with Crippen molar-refractivity contribution in [2.45, 2.75) is 38.1 Å². The predicted octanol–water partition coefficient (Wildman–Crippen LogP) is 2.96. The van der Waals surface area contributed by atoms with E-state index >= 15 is 0 Å². The highest BCUT2D eigenvalue weighted by atomic mass is 19.1. The lowest BCUT2D eigenvalue weighted by Gasteiger charge is -2.24. The van der Waals surface area contributed by atoms with Gasteiger partial charge in [0.1, 0.15) is 11.9 Å². The Morgan fingerprint density at radius 1 is 1.13 bits per heavy atom. The van der Waals surface area contributed by atoms with Gasteiger partial charge in [-0.05, 0) is 49.7 Å². The molecule has 0 aliphatic heterocycles. The number of carbonyl (C=O) groups is 1. The summed E-state index contributed by atoms with van der Waals surface area (Å²) in [5.74, 6) is -0.104. The van der Waals surface area contributed by atoms with Gasteiger partial charge in [-0.25, -0.2) is 9.37 Å². The fourth-order valence-corrected chi connectivity index (χ4v) is 3.16. The Hall–Kier alpha value is -3.36. The lowest BCUT2D eigenvalue weighted by Crippen LogP contribution is -3.14. The Bertz CT molecular complexity index is 1080. The zero-order valence-corrected chi connectivity index (χ0v) is 17.4. The van der Waals surface area contributed by atoms with Crippen LogP contribution in [-0.4, -0.2) is 27.1 Å². The number of amides is 1. The van der Waals surface area contributed by atoms with Crippen LogP contribution in [0.5, 0.6) is 0 Å². The number of nitrogens with one attached hydrogen (secondary N) is 3. The van der Waals surface area contributed by atoms with Crippen LogP contribution >= 0.6 is 0 Å². The number of quaternary nitrogens is 1. The zero-order valence-electron chi connectivity index (χ0n) is 17.4. The first-order valence-corrected chi connectivity index (χ1v) is 10.2. The van der Waals surface area contributed by atoms with Gasteiger partial charge in [-0.15, -0.1) is 0 Å². The Morgan fingerprint density at radius 3 is 2.55 bits per heavy atom. The molecule has 160 valence electrons. The van der Waals surface area contributed by atoms with Crippen molar-refractivity contribution in [1.82, 2.24) is 9.97 Å². The predicted molar refractivity (Wildman–Crippen MR) is 115 cm³/mol. The van der Waals surface area contributed by atoms with Crippen molar-refractivity contribution >= 4 is 17.4 Å². The number of hydrogen-bond donors (Lipinski definition) is 4. The molecule has 4 N–H and O–H groups in total. The molecule has 0 bridgehead atoms. The van der Waals surface area contributed by atoms with Gasteiger partial charge in [0.25, 0.3) is 0 Å². The van der Waals surface area contributed by atoms with Crippen molar-refractivity contribution in [3.8, 4) is 11.1 Å². The van der Waals surface area contributed by atoms with Crippen molar-refractivity contribution in [2.24, 2.45) is 0 Å². The first-order chi connectivity index (χ1) is 14.8. The molecular formula is C23H25FN5O2+. The highest BCUT2D eigenvalue weighted by molar-refractivity contribution is 5.98. The Kier molecular flexibility index (Phi) is 5.67. The molecule has 0 saturated heterocycles. The van der Waals surface area contributed by atoms with Gasteiger partial charge in [-0.3, -0.25) is 9.78 Å². The summed E-state index contributed by atoms with van der Waals surface area (Å²) in [5, 5.41) is 13.2. The van der Waals surface area contributed by atoms with Crippen molar-refractivity contribution < 1.29 is 19.6 Å². The summed E-state index contributed by atoms with van der Waals surface area (Å²) in [7, 11) is 0. The molecule has 1 saturated carbocycles. The molecule has 1 aliphatic rings. The summed E-state index contributed by atoms with van der Waals surface area (Å²) < 4.78 is 13.4. The molecule has 31 heavy (non-hydrogen) atoms. The zero-order chi connectivity index (χ0) is 22.0. The van der Waals surface area contributed by atoms with Crippen LogP contribution in [0.25, 0.3) is 11.1 Å². The maximum Gasteiger partial charge on any atom is 0.236 e. The molecule has 2 aromatic heterocycles. The second kappa shape index (κ2) is 8.41. The molecule has 8 heteroatoms. The highest BCUT2D eigenvalue weighted by Gasteiger charge is 2.35. The monoisotopic (exact) mass is 422 g/mol. The average Bonchev–Trinajstić information content (AvgIpc) is 3.60. The minimum atomic E-state index is -0.905. The molecule has 0 spiro atoms. The lowest BCUT2D eigenvalue weighted by molar-refractivity contribution is -1.08. The van der Waals surface area contributed by atoms with Gasteiger partial charge >= 0.3 is 0 Å². The third-order valence-electron chi connectivity index (χ3n) is 5.36. The standard InChI is InChI=1S/C23H24FN5O2/c1-23(2,20-4-3-5-21(27-20)28-29(31)19-10-11-19)22(30)26-18-8-6-15(7-9-18)16-12-17(24)14-25-13-16/h3-9,12-14,19,31H,10-11H2,1-2H3,(H,26,30)(H,27,28)/p+1. The molecule has 1 aliphatic carbocycles. The Labute approximate surface area is 179 Å². The van der Waals surface area contributed by atoms with Crippen molar-refractivity contribution in [3.05, 3.63) is 72.4 Å². The summed E-state index contributed by atoms with van der Waals surface area (Å²) in [6.07, 6.45) is 4.69. The summed E-state index contributed by atoms with van der Waals surface area (Å²) in [6, 6.07) is 14.1. The molecule has 2 heterocycles. The first kappa shape index (κ1) is 20.9. The van der Waals surface area contributed by atoms with E-state index in [-0.39, 0.29) is 17.1 Å². The number of benzene rings is 1. The quantitative estimate of drug-likeness (QED) is 0.440. The van der Waals surface area contributed by atoms with E-state index in [0.717, 1.165) is 24.6 Å².